The minimum absolute atomic E-state index is 0.0339. The summed E-state index contributed by atoms with van der Waals surface area (Å²) in [6.07, 6.45) is 1.62. The molecule has 1 aromatic rings. The van der Waals surface area contributed by atoms with Crippen LogP contribution < -0.4 is 15.4 Å². The van der Waals surface area contributed by atoms with Crippen LogP contribution in [0.2, 0.25) is 0 Å². The number of benzene rings is 1. The lowest BCUT2D eigenvalue weighted by Crippen LogP contribution is -2.75. The molecule has 2 unspecified atom stereocenters. The number of aliphatic hydroxyl groups is 2. The van der Waals surface area contributed by atoms with Gasteiger partial charge in [0.1, 0.15) is 23.2 Å². The minimum Gasteiger partial charge on any atom is -0.481 e. The highest BCUT2D eigenvalue weighted by Gasteiger charge is 2.74. The predicted molar refractivity (Wildman–Crippen MR) is 152 cm³/mol. The van der Waals surface area contributed by atoms with Crippen LogP contribution in [0.15, 0.2) is 24.0 Å². The molecular formula is C31H43N3O8. The SMILES string of the molecule is CC(C)CNCCC(=O)OC1=CC[C@@]2(OC(=O)CCNC(=O)[C@H](C)O)[C@H]3Cc4ccc(CO)c5c4C2(CCN3C)C1O5. The van der Waals surface area contributed by atoms with Crippen LogP contribution in [0.3, 0.4) is 0 Å². The Morgan fingerprint density at radius 2 is 1.93 bits per heavy atom. The molecule has 230 valence electrons. The molecule has 1 aromatic carbocycles. The third-order valence-corrected chi connectivity index (χ3v) is 9.18. The molecule has 1 spiro atoms. The van der Waals surface area contributed by atoms with Gasteiger partial charge < -0.3 is 35.1 Å². The van der Waals surface area contributed by atoms with Gasteiger partial charge in [-0.3, -0.25) is 19.3 Å². The van der Waals surface area contributed by atoms with Crippen LogP contribution >= 0.6 is 0 Å². The van der Waals surface area contributed by atoms with E-state index < -0.39 is 35.1 Å². The summed E-state index contributed by atoms with van der Waals surface area (Å²) in [5.41, 5.74) is 0.801. The molecule has 1 fully saturated rings. The van der Waals surface area contributed by atoms with Gasteiger partial charge in [0.15, 0.2) is 6.10 Å². The number of likely N-dealkylation sites (tertiary alicyclic amines) is 1. The molecule has 0 saturated carbocycles. The van der Waals surface area contributed by atoms with E-state index in [4.69, 9.17) is 14.2 Å². The zero-order chi connectivity index (χ0) is 30.2. The van der Waals surface area contributed by atoms with E-state index in [1.807, 2.05) is 25.3 Å². The molecule has 0 radical (unpaired) electrons. The van der Waals surface area contributed by atoms with Crippen LogP contribution in [0.25, 0.3) is 0 Å². The first-order valence-electron chi connectivity index (χ1n) is 15.0. The first-order chi connectivity index (χ1) is 20.0. The summed E-state index contributed by atoms with van der Waals surface area (Å²) in [7, 11) is 2.03. The number of aliphatic hydroxyl groups excluding tert-OH is 2. The topological polar surface area (TPSA) is 147 Å². The molecule has 1 amide bonds. The van der Waals surface area contributed by atoms with E-state index >= 15 is 0 Å². The highest BCUT2D eigenvalue weighted by molar-refractivity contribution is 5.80. The van der Waals surface area contributed by atoms with E-state index in [1.165, 1.54) is 6.92 Å². The quantitative estimate of drug-likeness (QED) is 0.208. The molecule has 2 aliphatic heterocycles. The van der Waals surface area contributed by atoms with Gasteiger partial charge in [0.25, 0.3) is 0 Å². The summed E-state index contributed by atoms with van der Waals surface area (Å²) in [6.45, 7) is 7.41. The molecule has 5 rings (SSSR count). The van der Waals surface area contributed by atoms with Crippen LogP contribution in [0.4, 0.5) is 0 Å². The highest BCUT2D eigenvalue weighted by atomic mass is 16.6. The number of nitrogens with zero attached hydrogens (tertiary/aromatic N) is 1. The van der Waals surface area contributed by atoms with E-state index in [-0.39, 0.29) is 38.0 Å². The van der Waals surface area contributed by atoms with Crippen LogP contribution in [0.5, 0.6) is 5.75 Å². The maximum absolute atomic E-state index is 13.4. The number of ether oxygens (including phenoxy) is 3. The maximum Gasteiger partial charge on any atom is 0.312 e. The number of nitrogens with one attached hydrogen (secondary N) is 2. The summed E-state index contributed by atoms with van der Waals surface area (Å²) < 4.78 is 19.1. The van der Waals surface area contributed by atoms with E-state index in [0.717, 1.165) is 24.2 Å². The van der Waals surface area contributed by atoms with Gasteiger partial charge in [-0.15, -0.1) is 0 Å². The molecular weight excluding hydrogens is 542 g/mol. The van der Waals surface area contributed by atoms with E-state index in [2.05, 4.69) is 29.4 Å². The first-order valence-corrected chi connectivity index (χ1v) is 15.0. The van der Waals surface area contributed by atoms with Gasteiger partial charge in [-0.2, -0.15) is 0 Å². The van der Waals surface area contributed by atoms with Gasteiger partial charge in [-0.25, -0.2) is 0 Å². The lowest BCUT2D eigenvalue weighted by atomic mass is 9.50. The summed E-state index contributed by atoms with van der Waals surface area (Å²) in [5, 5.41) is 25.5. The smallest absolute Gasteiger partial charge is 0.312 e. The van der Waals surface area contributed by atoms with Crippen LogP contribution in [0.1, 0.15) is 63.1 Å². The Balaban J connectivity index is 1.48. The summed E-state index contributed by atoms with van der Waals surface area (Å²) in [4.78, 5) is 40.4. The Morgan fingerprint density at radius 1 is 1.17 bits per heavy atom. The van der Waals surface area contributed by atoms with Crippen molar-refractivity contribution in [3.05, 3.63) is 40.7 Å². The van der Waals surface area contributed by atoms with Gasteiger partial charge in [0.2, 0.25) is 5.91 Å². The van der Waals surface area contributed by atoms with Crippen molar-refractivity contribution < 1.29 is 38.8 Å². The summed E-state index contributed by atoms with van der Waals surface area (Å²) >= 11 is 0. The molecule has 2 aliphatic carbocycles. The van der Waals surface area contributed by atoms with Crippen molar-refractivity contribution in [2.75, 3.05) is 33.2 Å². The van der Waals surface area contributed by atoms with Crippen molar-refractivity contribution in [2.45, 2.75) is 88.7 Å². The lowest BCUT2D eigenvalue weighted by Gasteiger charge is -2.62. The Hall–Kier alpha value is -2.99. The highest BCUT2D eigenvalue weighted by Crippen LogP contribution is 2.65. The van der Waals surface area contributed by atoms with Gasteiger partial charge in [-0.1, -0.05) is 26.0 Å². The number of carbonyl (C=O) groups is 3. The van der Waals surface area contributed by atoms with Crippen molar-refractivity contribution in [2.24, 2.45) is 5.92 Å². The predicted octanol–water partition coefficient (Wildman–Crippen LogP) is 1.07. The van der Waals surface area contributed by atoms with Crippen LogP contribution in [0, 0.1) is 5.92 Å². The van der Waals surface area contributed by atoms with Crippen LogP contribution in [-0.4, -0.2) is 90.0 Å². The number of rotatable bonds is 12. The Bertz CT molecular complexity index is 1260. The average Bonchev–Trinajstić information content (AvgIpc) is 3.30. The normalized spacial score (nSPS) is 27.9. The fraction of sp³-hybridized carbons (Fsp3) is 0.645. The van der Waals surface area contributed by atoms with Crippen molar-refractivity contribution in [3.63, 3.8) is 0 Å². The molecule has 1 saturated heterocycles. The molecule has 4 N–H and O–H groups in total. The Kier molecular flexibility index (Phi) is 8.67. The number of amides is 1. The van der Waals surface area contributed by atoms with Crippen molar-refractivity contribution in [1.82, 2.24) is 15.5 Å². The first kappa shape index (κ1) is 30.5. The van der Waals surface area contributed by atoms with E-state index in [1.54, 1.807) is 0 Å². The van der Waals surface area contributed by atoms with E-state index in [0.29, 0.717) is 48.8 Å². The molecule has 42 heavy (non-hydrogen) atoms. The van der Waals surface area contributed by atoms with Crippen molar-refractivity contribution in [1.29, 1.82) is 0 Å². The Labute approximate surface area is 246 Å². The van der Waals surface area contributed by atoms with Gasteiger partial charge in [-0.05, 0) is 57.5 Å². The monoisotopic (exact) mass is 585 g/mol. The average molecular weight is 586 g/mol. The number of piperidine rings is 1. The fourth-order valence-corrected chi connectivity index (χ4v) is 7.25. The number of hydrogen-bond acceptors (Lipinski definition) is 10. The second-order valence-electron chi connectivity index (χ2n) is 12.4. The molecule has 2 bridgehead atoms. The molecule has 0 aromatic heterocycles. The summed E-state index contributed by atoms with van der Waals surface area (Å²) in [6, 6.07) is 3.73. The second kappa shape index (κ2) is 11.9. The number of likely N-dealkylation sites (N-methyl/N-ethyl adjacent to an activating group) is 1. The van der Waals surface area contributed by atoms with Crippen LogP contribution in [-0.2, 0) is 42.3 Å². The molecule has 5 atom stereocenters. The Morgan fingerprint density at radius 3 is 2.64 bits per heavy atom. The van der Waals surface area contributed by atoms with Gasteiger partial charge in [0.05, 0.1) is 30.9 Å². The van der Waals surface area contributed by atoms with Gasteiger partial charge >= 0.3 is 11.9 Å². The standard InChI is InChI=1S/C31H43N3O8/c1-18(2)16-32-12-8-24(37)40-22-7-10-31(42-25(38)9-13-33-29(39)19(3)36)23-15-20-5-6-21(17-35)27-26(20)30(31,28(22)41-27)11-14-34(23)4/h5-7,18-19,23,28,32,35-36H,8-17H2,1-4H3,(H,33,39)/t19-,23+,28?,30?,31+/m0/s1. The third kappa shape index (κ3) is 5.10. The number of carbonyl (C=O) groups excluding carboxylic acids is 3. The minimum atomic E-state index is -1.17. The summed E-state index contributed by atoms with van der Waals surface area (Å²) in [5.74, 6) is 0.0653. The molecule has 11 heteroatoms. The zero-order valence-corrected chi connectivity index (χ0v) is 24.9. The lowest BCUT2D eigenvalue weighted by molar-refractivity contribution is -0.206. The molecule has 4 aliphatic rings. The maximum atomic E-state index is 13.4. The molecule has 11 nitrogen and oxygen atoms in total. The largest absolute Gasteiger partial charge is 0.481 e. The zero-order valence-electron chi connectivity index (χ0n) is 24.9. The second-order valence-corrected chi connectivity index (χ2v) is 12.4. The fourth-order valence-electron chi connectivity index (χ4n) is 7.25. The number of hydrogen-bond donors (Lipinski definition) is 4. The van der Waals surface area contributed by atoms with E-state index in [9.17, 15) is 24.6 Å². The van der Waals surface area contributed by atoms with Gasteiger partial charge in [0, 0.05) is 30.6 Å². The molecule has 2 heterocycles. The van der Waals surface area contributed by atoms with Crippen molar-refractivity contribution in [3.8, 4) is 5.75 Å². The third-order valence-electron chi connectivity index (χ3n) is 9.18. The van der Waals surface area contributed by atoms with Crippen molar-refractivity contribution >= 4 is 17.8 Å². The number of esters is 2.